The molecule has 0 aromatic heterocycles. The monoisotopic (exact) mass is 172 g/mol. The van der Waals surface area contributed by atoms with Crippen LogP contribution >= 0.6 is 0 Å². The van der Waals surface area contributed by atoms with E-state index in [1.807, 2.05) is 13.8 Å². The minimum absolute atomic E-state index is 0.0434. The number of rotatable bonds is 3. The van der Waals surface area contributed by atoms with Crippen LogP contribution in [-0.2, 0) is 9.53 Å². The van der Waals surface area contributed by atoms with Gasteiger partial charge in [-0.05, 0) is 13.8 Å². The molecule has 1 aliphatic rings. The molecule has 0 saturated carbocycles. The number of amides is 1. The molecule has 1 atom stereocenters. The third-order valence-corrected chi connectivity index (χ3v) is 1.73. The Bertz CT molecular complexity index is 159. The fourth-order valence-electron chi connectivity index (χ4n) is 1.07. The highest BCUT2D eigenvalue weighted by Crippen LogP contribution is 1.94. The van der Waals surface area contributed by atoms with E-state index in [0.717, 1.165) is 13.1 Å². The van der Waals surface area contributed by atoms with Crippen molar-refractivity contribution in [2.75, 3.05) is 19.7 Å². The molecule has 0 aliphatic carbocycles. The summed E-state index contributed by atoms with van der Waals surface area (Å²) in [7, 11) is 0. The SMILES string of the molecule is CC(C)OC[C@H]1NCCNC1=O. The number of piperazine rings is 1. The molecule has 2 N–H and O–H groups in total. The summed E-state index contributed by atoms with van der Waals surface area (Å²) in [6.45, 7) is 5.93. The van der Waals surface area contributed by atoms with E-state index < -0.39 is 0 Å². The van der Waals surface area contributed by atoms with Crippen molar-refractivity contribution in [3.63, 3.8) is 0 Å². The molecule has 12 heavy (non-hydrogen) atoms. The molecular formula is C8H16N2O2. The number of carbonyl (C=O) groups is 1. The molecule has 0 unspecified atom stereocenters. The van der Waals surface area contributed by atoms with Gasteiger partial charge in [0.05, 0.1) is 12.7 Å². The highest BCUT2D eigenvalue weighted by Gasteiger charge is 2.21. The van der Waals surface area contributed by atoms with Crippen LogP contribution in [0.1, 0.15) is 13.8 Å². The lowest BCUT2D eigenvalue weighted by molar-refractivity contribution is -0.126. The second kappa shape index (κ2) is 4.42. The molecule has 70 valence electrons. The second-order valence-electron chi connectivity index (χ2n) is 3.18. The Morgan fingerprint density at radius 2 is 2.33 bits per heavy atom. The van der Waals surface area contributed by atoms with Crippen LogP contribution in [0.25, 0.3) is 0 Å². The van der Waals surface area contributed by atoms with Gasteiger partial charge in [0.1, 0.15) is 6.04 Å². The van der Waals surface area contributed by atoms with Crippen LogP contribution in [0.2, 0.25) is 0 Å². The van der Waals surface area contributed by atoms with Crippen LogP contribution in [-0.4, -0.2) is 37.7 Å². The molecule has 0 bridgehead atoms. The molecule has 1 aliphatic heterocycles. The van der Waals surface area contributed by atoms with Crippen molar-refractivity contribution < 1.29 is 9.53 Å². The van der Waals surface area contributed by atoms with Gasteiger partial charge in [-0.1, -0.05) is 0 Å². The summed E-state index contributed by atoms with van der Waals surface area (Å²) < 4.78 is 5.33. The maximum Gasteiger partial charge on any atom is 0.239 e. The average molecular weight is 172 g/mol. The van der Waals surface area contributed by atoms with Crippen molar-refractivity contribution in [2.24, 2.45) is 0 Å². The van der Waals surface area contributed by atoms with Crippen molar-refractivity contribution in [1.82, 2.24) is 10.6 Å². The summed E-state index contributed by atoms with van der Waals surface area (Å²) >= 11 is 0. The highest BCUT2D eigenvalue weighted by atomic mass is 16.5. The van der Waals surface area contributed by atoms with Crippen molar-refractivity contribution in [3.05, 3.63) is 0 Å². The summed E-state index contributed by atoms with van der Waals surface area (Å²) in [6.07, 6.45) is 0.182. The predicted molar refractivity (Wildman–Crippen MR) is 45.9 cm³/mol. The van der Waals surface area contributed by atoms with Crippen LogP contribution in [0, 0.1) is 0 Å². The number of hydrogen-bond acceptors (Lipinski definition) is 3. The first-order valence-electron chi connectivity index (χ1n) is 4.33. The lowest BCUT2D eigenvalue weighted by Gasteiger charge is -2.23. The molecule has 0 aromatic carbocycles. The molecule has 0 radical (unpaired) electrons. The molecule has 0 spiro atoms. The van der Waals surface area contributed by atoms with Gasteiger partial charge in [0, 0.05) is 13.1 Å². The van der Waals surface area contributed by atoms with E-state index in [-0.39, 0.29) is 18.1 Å². The minimum Gasteiger partial charge on any atom is -0.377 e. The van der Waals surface area contributed by atoms with E-state index in [2.05, 4.69) is 10.6 Å². The first-order valence-corrected chi connectivity index (χ1v) is 4.33. The molecular weight excluding hydrogens is 156 g/mol. The third-order valence-electron chi connectivity index (χ3n) is 1.73. The molecule has 4 heteroatoms. The fraction of sp³-hybridized carbons (Fsp3) is 0.875. The zero-order valence-electron chi connectivity index (χ0n) is 7.59. The van der Waals surface area contributed by atoms with E-state index in [1.54, 1.807) is 0 Å². The number of hydrogen-bond donors (Lipinski definition) is 2. The van der Waals surface area contributed by atoms with E-state index in [0.29, 0.717) is 6.61 Å². The van der Waals surface area contributed by atoms with Crippen LogP contribution < -0.4 is 10.6 Å². The lowest BCUT2D eigenvalue weighted by atomic mass is 10.2. The molecule has 1 heterocycles. The van der Waals surface area contributed by atoms with E-state index in [1.165, 1.54) is 0 Å². The maximum atomic E-state index is 11.2. The lowest BCUT2D eigenvalue weighted by Crippen LogP contribution is -2.55. The quantitative estimate of drug-likeness (QED) is 0.603. The number of ether oxygens (including phenoxy) is 1. The minimum atomic E-state index is -0.166. The van der Waals surface area contributed by atoms with Crippen LogP contribution in [0.4, 0.5) is 0 Å². The molecule has 1 rings (SSSR count). The summed E-state index contributed by atoms with van der Waals surface area (Å²) in [4.78, 5) is 11.2. The second-order valence-corrected chi connectivity index (χ2v) is 3.18. The summed E-state index contributed by atoms with van der Waals surface area (Å²) in [5, 5.41) is 5.86. The predicted octanol–water partition coefficient (Wildman–Crippen LogP) is -0.501. The van der Waals surface area contributed by atoms with E-state index in [9.17, 15) is 4.79 Å². The van der Waals surface area contributed by atoms with Crippen LogP contribution in [0.5, 0.6) is 0 Å². The average Bonchev–Trinajstić information content (AvgIpc) is 2.03. The Labute approximate surface area is 72.7 Å². The van der Waals surface area contributed by atoms with E-state index in [4.69, 9.17) is 4.74 Å². The smallest absolute Gasteiger partial charge is 0.239 e. The summed E-state index contributed by atoms with van der Waals surface area (Å²) in [5.74, 6) is 0.0434. The Morgan fingerprint density at radius 3 is 2.92 bits per heavy atom. The van der Waals surface area contributed by atoms with Crippen LogP contribution in [0.15, 0.2) is 0 Å². The molecule has 1 fully saturated rings. The van der Waals surface area contributed by atoms with Crippen molar-refractivity contribution in [2.45, 2.75) is 26.0 Å². The number of carbonyl (C=O) groups excluding carboxylic acids is 1. The molecule has 1 amide bonds. The van der Waals surface area contributed by atoms with Crippen molar-refractivity contribution >= 4 is 5.91 Å². The van der Waals surface area contributed by atoms with Gasteiger partial charge in [-0.2, -0.15) is 0 Å². The first kappa shape index (κ1) is 9.48. The fourth-order valence-corrected chi connectivity index (χ4v) is 1.07. The zero-order chi connectivity index (χ0) is 8.97. The van der Waals surface area contributed by atoms with E-state index >= 15 is 0 Å². The van der Waals surface area contributed by atoms with Gasteiger partial charge in [0.2, 0.25) is 5.91 Å². The maximum absolute atomic E-state index is 11.2. The topological polar surface area (TPSA) is 50.4 Å². The Kier molecular flexibility index (Phi) is 3.49. The van der Waals surface area contributed by atoms with Crippen LogP contribution in [0.3, 0.4) is 0 Å². The third kappa shape index (κ3) is 2.79. The zero-order valence-corrected chi connectivity index (χ0v) is 7.59. The van der Waals surface area contributed by atoms with Gasteiger partial charge >= 0.3 is 0 Å². The van der Waals surface area contributed by atoms with Gasteiger partial charge in [-0.25, -0.2) is 0 Å². The van der Waals surface area contributed by atoms with Crippen molar-refractivity contribution in [3.8, 4) is 0 Å². The molecule has 0 aromatic rings. The molecule has 4 nitrogen and oxygen atoms in total. The van der Waals surface area contributed by atoms with Crippen molar-refractivity contribution in [1.29, 1.82) is 0 Å². The van der Waals surface area contributed by atoms with Gasteiger partial charge < -0.3 is 15.4 Å². The number of nitrogens with one attached hydrogen (secondary N) is 2. The summed E-state index contributed by atoms with van der Waals surface area (Å²) in [5.41, 5.74) is 0. The first-order chi connectivity index (χ1) is 5.70. The van der Waals surface area contributed by atoms with Gasteiger partial charge in [0.15, 0.2) is 0 Å². The van der Waals surface area contributed by atoms with Gasteiger partial charge in [0.25, 0.3) is 0 Å². The Hall–Kier alpha value is -0.610. The normalized spacial score (nSPS) is 24.2. The summed E-state index contributed by atoms with van der Waals surface area (Å²) in [6, 6.07) is -0.166. The highest BCUT2D eigenvalue weighted by molar-refractivity contribution is 5.82. The Balaban J connectivity index is 2.25. The standard InChI is InChI=1S/C8H16N2O2/c1-6(2)12-5-7-8(11)10-4-3-9-7/h6-7,9H,3-5H2,1-2H3,(H,10,11)/t7-/m1/s1. The largest absolute Gasteiger partial charge is 0.377 e. The Morgan fingerprint density at radius 1 is 1.58 bits per heavy atom. The molecule has 1 saturated heterocycles. The van der Waals surface area contributed by atoms with Gasteiger partial charge in [-0.3, -0.25) is 4.79 Å². The van der Waals surface area contributed by atoms with Gasteiger partial charge in [-0.15, -0.1) is 0 Å².